The Balaban J connectivity index is 1.57. The molecule has 0 unspecified atom stereocenters. The number of allylic oxidation sites excluding steroid dienone is 1. The highest BCUT2D eigenvalue weighted by atomic mass is 16.5. The van der Waals surface area contributed by atoms with Crippen molar-refractivity contribution in [3.63, 3.8) is 0 Å². The van der Waals surface area contributed by atoms with E-state index in [1.807, 2.05) is 37.5 Å². The zero-order valence-electron chi connectivity index (χ0n) is 25.1. The molecule has 0 saturated carbocycles. The molecule has 2 amide bonds. The first-order chi connectivity index (χ1) is 19.2. The Hall–Kier alpha value is -3.97. The molecular formula is C31H41N7O3. The molecule has 10 nitrogen and oxygen atoms in total. The van der Waals surface area contributed by atoms with Crippen molar-refractivity contribution >= 4 is 28.8 Å². The Kier molecular flexibility index (Phi) is 8.69. The maximum Gasteiger partial charge on any atom is 0.296 e. The lowest BCUT2D eigenvalue weighted by Gasteiger charge is -2.28. The van der Waals surface area contributed by atoms with E-state index in [9.17, 15) is 14.9 Å². The van der Waals surface area contributed by atoms with Crippen LogP contribution in [0.15, 0.2) is 46.6 Å². The van der Waals surface area contributed by atoms with Crippen LogP contribution < -0.4 is 10.6 Å². The van der Waals surface area contributed by atoms with E-state index in [2.05, 4.69) is 55.6 Å². The summed E-state index contributed by atoms with van der Waals surface area (Å²) < 4.78 is 7.03. The third-order valence-corrected chi connectivity index (χ3v) is 7.55. The maximum absolute atomic E-state index is 13.1. The van der Waals surface area contributed by atoms with Crippen molar-refractivity contribution < 1.29 is 14.1 Å². The van der Waals surface area contributed by atoms with Gasteiger partial charge < -0.3 is 19.3 Å². The number of carbonyl (C=O) groups excluding carboxylic acids is 2. The van der Waals surface area contributed by atoms with Crippen LogP contribution in [0.3, 0.4) is 0 Å². The first kappa shape index (κ1) is 30.0. The fraction of sp³-hybridized carbons (Fsp3) is 0.516. The highest BCUT2D eigenvalue weighted by molar-refractivity contribution is 6.02. The number of imidazole rings is 1. The van der Waals surface area contributed by atoms with Gasteiger partial charge in [-0.2, -0.15) is 5.26 Å². The fourth-order valence-electron chi connectivity index (χ4n) is 4.81. The molecule has 3 aromatic rings. The van der Waals surface area contributed by atoms with Crippen LogP contribution in [0.1, 0.15) is 71.0 Å². The van der Waals surface area contributed by atoms with Crippen LogP contribution in [0.2, 0.25) is 0 Å². The monoisotopic (exact) mass is 559 g/mol. The van der Waals surface area contributed by atoms with Crippen LogP contribution in [0.5, 0.6) is 0 Å². The number of amides is 2. The largest absolute Gasteiger partial charge is 0.351 e. The van der Waals surface area contributed by atoms with E-state index in [4.69, 9.17) is 9.51 Å². The number of hydrogen-bond acceptors (Lipinski definition) is 7. The number of nitrogens with zero attached hydrogens (tertiary/aromatic N) is 5. The summed E-state index contributed by atoms with van der Waals surface area (Å²) in [6.45, 7) is 17.0. The lowest BCUT2D eigenvalue weighted by Crippen LogP contribution is -2.37. The number of hydrogen-bond donors (Lipinski definition) is 2. The first-order valence-electron chi connectivity index (χ1n) is 14.1. The number of fused-ring (bicyclic) bond motifs is 1. The third kappa shape index (κ3) is 7.41. The van der Waals surface area contributed by atoms with Crippen LogP contribution in [0.25, 0.3) is 11.0 Å². The van der Waals surface area contributed by atoms with Crippen LogP contribution >= 0.6 is 0 Å². The number of rotatable bonds is 8. The van der Waals surface area contributed by atoms with E-state index in [-0.39, 0.29) is 34.0 Å². The molecule has 0 radical (unpaired) electrons. The van der Waals surface area contributed by atoms with E-state index in [1.165, 1.54) is 12.3 Å². The maximum atomic E-state index is 13.1. The molecule has 4 rings (SSSR count). The van der Waals surface area contributed by atoms with Crippen LogP contribution in [-0.2, 0) is 17.9 Å². The molecule has 0 aliphatic carbocycles. The number of aromatic nitrogens is 3. The SMILES string of the molecule is C[C@H](NCc1ccc2c(c1)nc(NC(=O)c1ccno1)n2C[C@@H]1CCN(C(=O)C(C#N)=CC(C)(C)C)C1)C(C)(C)C. The Morgan fingerprint density at radius 3 is 2.61 bits per heavy atom. The lowest BCUT2D eigenvalue weighted by molar-refractivity contribution is -0.125. The van der Waals surface area contributed by atoms with Crippen molar-refractivity contribution in [2.45, 2.75) is 74.0 Å². The predicted molar refractivity (Wildman–Crippen MR) is 158 cm³/mol. The van der Waals surface area contributed by atoms with Crippen molar-refractivity contribution in [3.05, 3.63) is 53.4 Å². The molecule has 10 heteroatoms. The summed E-state index contributed by atoms with van der Waals surface area (Å²) in [5.41, 5.74) is 2.79. The zero-order chi connectivity index (χ0) is 29.9. The molecule has 41 heavy (non-hydrogen) atoms. The second-order valence-corrected chi connectivity index (χ2v) is 13.1. The summed E-state index contributed by atoms with van der Waals surface area (Å²) in [5, 5.41) is 19.7. The summed E-state index contributed by atoms with van der Waals surface area (Å²) in [7, 11) is 0. The van der Waals surface area contributed by atoms with Crippen molar-refractivity contribution in [2.24, 2.45) is 16.7 Å². The minimum Gasteiger partial charge on any atom is -0.351 e. The Labute approximate surface area is 241 Å². The van der Waals surface area contributed by atoms with Gasteiger partial charge in [0.1, 0.15) is 11.6 Å². The van der Waals surface area contributed by atoms with Gasteiger partial charge in [-0.05, 0) is 47.8 Å². The fourth-order valence-corrected chi connectivity index (χ4v) is 4.81. The lowest BCUT2D eigenvalue weighted by atomic mass is 9.88. The van der Waals surface area contributed by atoms with Crippen LogP contribution in [0, 0.1) is 28.1 Å². The molecule has 1 aromatic carbocycles. The molecule has 2 aromatic heterocycles. The number of benzene rings is 1. The Morgan fingerprint density at radius 2 is 1.98 bits per heavy atom. The number of anilines is 1. The van der Waals surface area contributed by atoms with E-state index >= 15 is 0 Å². The summed E-state index contributed by atoms with van der Waals surface area (Å²) in [6, 6.07) is 10.1. The number of likely N-dealkylation sites (tertiary alicyclic amines) is 1. The molecule has 0 bridgehead atoms. The molecule has 1 fully saturated rings. The van der Waals surface area contributed by atoms with Gasteiger partial charge in [0.15, 0.2) is 0 Å². The minimum absolute atomic E-state index is 0.0944. The van der Waals surface area contributed by atoms with Crippen molar-refractivity contribution in [1.29, 1.82) is 5.26 Å². The summed E-state index contributed by atoms with van der Waals surface area (Å²) in [5.74, 6) is -0.0439. The van der Waals surface area contributed by atoms with E-state index < -0.39 is 5.91 Å². The summed E-state index contributed by atoms with van der Waals surface area (Å²) >= 11 is 0. The molecule has 1 saturated heterocycles. The van der Waals surface area contributed by atoms with E-state index in [0.717, 1.165) is 23.0 Å². The average Bonchev–Trinajstić information content (AvgIpc) is 3.65. The van der Waals surface area contributed by atoms with Crippen molar-refractivity contribution in [1.82, 2.24) is 24.9 Å². The predicted octanol–water partition coefficient (Wildman–Crippen LogP) is 5.15. The molecule has 0 spiro atoms. The third-order valence-electron chi connectivity index (χ3n) is 7.55. The molecular weight excluding hydrogens is 518 g/mol. The number of carbonyl (C=O) groups is 2. The molecule has 2 N–H and O–H groups in total. The first-order valence-corrected chi connectivity index (χ1v) is 14.1. The zero-order valence-corrected chi connectivity index (χ0v) is 25.1. The second-order valence-electron chi connectivity index (χ2n) is 13.1. The van der Waals surface area contributed by atoms with Gasteiger partial charge >= 0.3 is 0 Å². The van der Waals surface area contributed by atoms with Gasteiger partial charge in [0.25, 0.3) is 11.8 Å². The van der Waals surface area contributed by atoms with Gasteiger partial charge in [-0.15, -0.1) is 0 Å². The van der Waals surface area contributed by atoms with Crippen LogP contribution in [-0.4, -0.2) is 50.6 Å². The average molecular weight is 560 g/mol. The Morgan fingerprint density at radius 1 is 1.22 bits per heavy atom. The smallest absolute Gasteiger partial charge is 0.296 e. The summed E-state index contributed by atoms with van der Waals surface area (Å²) in [4.78, 5) is 32.5. The molecule has 2 atom stereocenters. The van der Waals surface area contributed by atoms with Crippen molar-refractivity contribution in [2.75, 3.05) is 18.4 Å². The van der Waals surface area contributed by atoms with E-state index in [1.54, 1.807) is 11.0 Å². The Bertz CT molecular complexity index is 1470. The highest BCUT2D eigenvalue weighted by Gasteiger charge is 2.30. The summed E-state index contributed by atoms with van der Waals surface area (Å²) in [6.07, 6.45) is 3.93. The number of nitrogens with one attached hydrogen (secondary N) is 2. The van der Waals surface area contributed by atoms with Gasteiger partial charge in [0.05, 0.1) is 17.2 Å². The molecule has 218 valence electrons. The topological polar surface area (TPSA) is 129 Å². The minimum atomic E-state index is -0.436. The van der Waals surface area contributed by atoms with Gasteiger partial charge in [-0.25, -0.2) is 4.98 Å². The van der Waals surface area contributed by atoms with Gasteiger partial charge in [-0.1, -0.05) is 58.8 Å². The second kappa shape index (κ2) is 11.9. The quantitative estimate of drug-likeness (QED) is 0.289. The van der Waals surface area contributed by atoms with Crippen LogP contribution in [0.4, 0.5) is 5.95 Å². The van der Waals surface area contributed by atoms with Gasteiger partial charge in [0, 0.05) is 38.3 Å². The van der Waals surface area contributed by atoms with Crippen molar-refractivity contribution in [3.8, 4) is 6.07 Å². The van der Waals surface area contributed by atoms with Gasteiger partial charge in [-0.3, -0.25) is 14.9 Å². The molecule has 1 aliphatic rings. The number of nitriles is 1. The molecule has 1 aliphatic heterocycles. The van der Waals surface area contributed by atoms with Gasteiger partial charge in [0.2, 0.25) is 11.7 Å². The van der Waals surface area contributed by atoms with E-state index in [0.29, 0.717) is 38.2 Å². The normalized spacial score (nSPS) is 17.1. The highest BCUT2D eigenvalue weighted by Crippen LogP contribution is 2.28. The molecule has 3 heterocycles. The standard InChI is InChI=1S/C31H41N7O3/c1-20(31(5,6)7)33-17-21-8-9-25-24(14-21)35-29(36-27(39)26-10-12-34-41-26)38(25)19-22-11-13-37(18-22)28(40)23(16-32)15-30(2,3)4/h8-10,12,14-15,20,22,33H,11,13,17-19H2,1-7H3,(H,35,36,39)/t20-,22+/m0/s1.